The number of aromatic nitrogens is 1. The normalized spacial score (nSPS) is 19.4. The minimum Gasteiger partial charge on any atom is -0.367 e. The lowest BCUT2D eigenvalue weighted by Gasteiger charge is -2.25. The lowest BCUT2D eigenvalue weighted by atomic mass is 9.83. The monoisotopic (exact) mass is 321 g/mol. The lowest BCUT2D eigenvalue weighted by molar-refractivity contribution is 0.0950. The SMILES string of the molecule is O=C(NCC1CCCc2ccccc21)c1ccnc(NC2CC2)c1. The number of rotatable bonds is 5. The molecule has 4 nitrogen and oxygen atoms in total. The van der Waals surface area contributed by atoms with E-state index < -0.39 is 0 Å². The number of nitrogens with one attached hydrogen (secondary N) is 2. The number of pyridine rings is 1. The molecule has 1 heterocycles. The second kappa shape index (κ2) is 6.63. The summed E-state index contributed by atoms with van der Waals surface area (Å²) in [7, 11) is 0. The van der Waals surface area contributed by atoms with Crippen LogP contribution in [-0.4, -0.2) is 23.5 Å². The Kier molecular flexibility index (Phi) is 4.20. The summed E-state index contributed by atoms with van der Waals surface area (Å²) in [6.45, 7) is 0.698. The van der Waals surface area contributed by atoms with Gasteiger partial charge in [0.25, 0.3) is 5.91 Å². The summed E-state index contributed by atoms with van der Waals surface area (Å²) >= 11 is 0. The van der Waals surface area contributed by atoms with Crippen molar-refractivity contribution < 1.29 is 4.79 Å². The molecule has 124 valence electrons. The van der Waals surface area contributed by atoms with Crippen molar-refractivity contribution in [3.63, 3.8) is 0 Å². The fourth-order valence-corrected chi connectivity index (χ4v) is 3.47. The van der Waals surface area contributed by atoms with Crippen LogP contribution in [0.3, 0.4) is 0 Å². The highest BCUT2D eigenvalue weighted by Gasteiger charge is 2.22. The zero-order valence-electron chi connectivity index (χ0n) is 13.8. The predicted octanol–water partition coefficient (Wildman–Crippen LogP) is 3.51. The number of hydrogen-bond acceptors (Lipinski definition) is 3. The van der Waals surface area contributed by atoms with E-state index in [1.165, 1.54) is 30.4 Å². The van der Waals surface area contributed by atoms with Gasteiger partial charge in [-0.05, 0) is 55.4 Å². The highest BCUT2D eigenvalue weighted by molar-refractivity contribution is 5.94. The van der Waals surface area contributed by atoms with E-state index in [9.17, 15) is 4.79 Å². The van der Waals surface area contributed by atoms with Gasteiger partial charge in [0.2, 0.25) is 0 Å². The minimum atomic E-state index is -0.0145. The van der Waals surface area contributed by atoms with Crippen molar-refractivity contribution in [2.24, 2.45) is 0 Å². The van der Waals surface area contributed by atoms with Crippen LogP contribution in [0.4, 0.5) is 5.82 Å². The summed E-state index contributed by atoms with van der Waals surface area (Å²) in [5.41, 5.74) is 3.51. The largest absolute Gasteiger partial charge is 0.367 e. The van der Waals surface area contributed by atoms with Crippen molar-refractivity contribution in [2.45, 2.75) is 44.1 Å². The molecule has 0 spiro atoms. The van der Waals surface area contributed by atoms with Gasteiger partial charge in [-0.25, -0.2) is 4.98 Å². The van der Waals surface area contributed by atoms with Gasteiger partial charge in [-0.1, -0.05) is 24.3 Å². The quantitative estimate of drug-likeness (QED) is 0.886. The van der Waals surface area contributed by atoms with Gasteiger partial charge in [-0.15, -0.1) is 0 Å². The van der Waals surface area contributed by atoms with Gasteiger partial charge in [-0.3, -0.25) is 4.79 Å². The van der Waals surface area contributed by atoms with Crippen molar-refractivity contribution in [1.29, 1.82) is 0 Å². The molecule has 1 amide bonds. The third kappa shape index (κ3) is 3.42. The predicted molar refractivity (Wildman–Crippen MR) is 95.3 cm³/mol. The Balaban J connectivity index is 1.40. The molecule has 2 aliphatic rings. The molecule has 2 aliphatic carbocycles. The molecule has 1 aromatic heterocycles. The summed E-state index contributed by atoms with van der Waals surface area (Å²) in [6, 6.07) is 12.8. The smallest absolute Gasteiger partial charge is 0.251 e. The number of anilines is 1. The van der Waals surface area contributed by atoms with Crippen LogP contribution in [0.2, 0.25) is 0 Å². The zero-order chi connectivity index (χ0) is 16.4. The molecule has 0 aliphatic heterocycles. The molecule has 2 N–H and O–H groups in total. The second-order valence-corrected chi connectivity index (χ2v) is 6.85. The van der Waals surface area contributed by atoms with Gasteiger partial charge in [0, 0.05) is 30.3 Å². The molecular formula is C20H23N3O. The van der Waals surface area contributed by atoms with Gasteiger partial charge >= 0.3 is 0 Å². The summed E-state index contributed by atoms with van der Waals surface area (Å²) in [5, 5.41) is 6.45. The first-order valence-corrected chi connectivity index (χ1v) is 8.88. The van der Waals surface area contributed by atoms with Crippen LogP contribution in [0.25, 0.3) is 0 Å². The topological polar surface area (TPSA) is 54.0 Å². The number of amides is 1. The molecule has 0 radical (unpaired) electrons. The first kappa shape index (κ1) is 15.2. The molecular weight excluding hydrogens is 298 g/mol. The molecule has 1 unspecified atom stereocenters. The first-order valence-electron chi connectivity index (χ1n) is 8.88. The molecule has 0 bridgehead atoms. The van der Waals surface area contributed by atoms with Crippen LogP contribution >= 0.6 is 0 Å². The van der Waals surface area contributed by atoms with Gasteiger partial charge in [0.05, 0.1) is 0 Å². The van der Waals surface area contributed by atoms with E-state index in [4.69, 9.17) is 0 Å². The minimum absolute atomic E-state index is 0.0145. The summed E-state index contributed by atoms with van der Waals surface area (Å²) in [4.78, 5) is 16.8. The number of aryl methyl sites for hydroxylation is 1. The van der Waals surface area contributed by atoms with Gasteiger partial charge in [0.1, 0.15) is 5.82 Å². The van der Waals surface area contributed by atoms with E-state index >= 15 is 0 Å². The second-order valence-electron chi connectivity index (χ2n) is 6.85. The Bertz CT molecular complexity index is 739. The van der Waals surface area contributed by atoms with Crippen molar-refractivity contribution in [1.82, 2.24) is 10.3 Å². The number of carbonyl (C=O) groups is 1. The van der Waals surface area contributed by atoms with Crippen molar-refractivity contribution in [2.75, 3.05) is 11.9 Å². The maximum Gasteiger partial charge on any atom is 0.251 e. The number of carbonyl (C=O) groups excluding carboxylic acids is 1. The molecule has 1 saturated carbocycles. The Hall–Kier alpha value is -2.36. The molecule has 4 rings (SSSR count). The molecule has 1 atom stereocenters. The van der Waals surface area contributed by atoms with Crippen LogP contribution in [-0.2, 0) is 6.42 Å². The summed E-state index contributed by atoms with van der Waals surface area (Å²) in [6.07, 6.45) is 7.58. The van der Waals surface area contributed by atoms with Gasteiger partial charge < -0.3 is 10.6 Å². The maximum absolute atomic E-state index is 12.5. The molecule has 1 fully saturated rings. The van der Waals surface area contributed by atoms with Crippen molar-refractivity contribution in [3.05, 3.63) is 59.3 Å². The fraction of sp³-hybridized carbons (Fsp3) is 0.400. The third-order valence-corrected chi connectivity index (χ3v) is 4.95. The van der Waals surface area contributed by atoms with E-state index in [-0.39, 0.29) is 5.91 Å². The average Bonchev–Trinajstić information content (AvgIpc) is 3.44. The highest BCUT2D eigenvalue weighted by Crippen LogP contribution is 2.31. The van der Waals surface area contributed by atoms with Gasteiger partial charge in [0.15, 0.2) is 0 Å². The molecule has 0 saturated heterocycles. The number of hydrogen-bond donors (Lipinski definition) is 2. The average molecular weight is 321 g/mol. The summed E-state index contributed by atoms with van der Waals surface area (Å²) in [5.74, 6) is 1.21. The Labute approximate surface area is 142 Å². The van der Waals surface area contributed by atoms with Crippen LogP contribution < -0.4 is 10.6 Å². The third-order valence-electron chi connectivity index (χ3n) is 4.95. The van der Waals surface area contributed by atoms with Crippen LogP contribution in [0.1, 0.15) is 53.1 Å². The van der Waals surface area contributed by atoms with Gasteiger partial charge in [-0.2, -0.15) is 0 Å². The maximum atomic E-state index is 12.5. The fourth-order valence-electron chi connectivity index (χ4n) is 3.47. The van der Waals surface area contributed by atoms with E-state index in [1.807, 2.05) is 6.07 Å². The van der Waals surface area contributed by atoms with Crippen LogP contribution in [0, 0.1) is 0 Å². The Morgan fingerprint density at radius 2 is 2.04 bits per heavy atom. The lowest BCUT2D eigenvalue weighted by Crippen LogP contribution is -2.30. The zero-order valence-corrected chi connectivity index (χ0v) is 13.8. The standard InChI is InChI=1S/C20H23N3O/c24-20(15-10-11-21-19(12-15)23-17-8-9-17)22-13-16-6-3-5-14-4-1-2-7-18(14)16/h1-2,4,7,10-12,16-17H,3,5-6,8-9,13H2,(H,21,23)(H,22,24). The highest BCUT2D eigenvalue weighted by atomic mass is 16.1. The van der Waals surface area contributed by atoms with E-state index in [1.54, 1.807) is 12.3 Å². The summed E-state index contributed by atoms with van der Waals surface area (Å²) < 4.78 is 0. The number of fused-ring (bicyclic) bond motifs is 1. The van der Waals surface area contributed by atoms with E-state index in [0.29, 0.717) is 24.1 Å². The Morgan fingerprint density at radius 3 is 2.92 bits per heavy atom. The van der Waals surface area contributed by atoms with E-state index in [0.717, 1.165) is 18.7 Å². The van der Waals surface area contributed by atoms with Crippen molar-refractivity contribution in [3.8, 4) is 0 Å². The van der Waals surface area contributed by atoms with Crippen LogP contribution in [0.5, 0.6) is 0 Å². The van der Waals surface area contributed by atoms with E-state index in [2.05, 4.69) is 39.9 Å². The van der Waals surface area contributed by atoms with Crippen molar-refractivity contribution >= 4 is 11.7 Å². The van der Waals surface area contributed by atoms with Crippen LogP contribution in [0.15, 0.2) is 42.6 Å². The molecule has 2 aromatic rings. The number of nitrogens with zero attached hydrogens (tertiary/aromatic N) is 1. The number of benzene rings is 1. The molecule has 24 heavy (non-hydrogen) atoms. The Morgan fingerprint density at radius 1 is 1.17 bits per heavy atom. The molecule has 1 aromatic carbocycles. The first-order chi connectivity index (χ1) is 11.8. The molecule has 4 heteroatoms.